The summed E-state index contributed by atoms with van der Waals surface area (Å²) in [6, 6.07) is 0.855. The summed E-state index contributed by atoms with van der Waals surface area (Å²) in [5.74, 6) is -1.38. The molecule has 1 rings (SSSR count). The number of nitro groups is 2. The minimum Gasteiger partial charge on any atom is -0.499 e. The maximum Gasteiger partial charge on any atom is 0.391 e. The van der Waals surface area contributed by atoms with E-state index < -0.39 is 32.5 Å². The lowest BCUT2D eigenvalue weighted by molar-refractivity contribution is -0.423. The van der Waals surface area contributed by atoms with Crippen molar-refractivity contribution in [3.05, 3.63) is 31.9 Å². The Morgan fingerprint density at radius 1 is 1.29 bits per heavy atom. The van der Waals surface area contributed by atoms with Gasteiger partial charge in [-0.15, -0.1) is 0 Å². The lowest BCUT2D eigenvalue weighted by atomic mass is 10.1. The Morgan fingerprint density at radius 2 is 1.82 bits per heavy atom. The number of nitrogens with zero attached hydrogens (tertiary/aromatic N) is 2. The molecule has 0 amide bonds. The first kappa shape index (κ1) is 12.4. The van der Waals surface area contributed by atoms with Crippen LogP contribution in [0.2, 0.25) is 0 Å². The molecule has 1 aromatic rings. The van der Waals surface area contributed by atoms with Gasteiger partial charge in [0.15, 0.2) is 12.0 Å². The van der Waals surface area contributed by atoms with Gasteiger partial charge in [-0.1, -0.05) is 0 Å². The fraction of sp³-hybridized carbons (Fsp3) is 0.125. The first-order chi connectivity index (χ1) is 7.93. The molecule has 0 radical (unpaired) electrons. The summed E-state index contributed by atoms with van der Waals surface area (Å²) in [4.78, 5) is 29.7. The predicted molar refractivity (Wildman–Crippen MR) is 53.4 cm³/mol. The van der Waals surface area contributed by atoms with E-state index in [2.05, 4.69) is 4.74 Å². The van der Waals surface area contributed by atoms with E-state index in [-0.39, 0.29) is 12.0 Å². The van der Waals surface area contributed by atoms with Crippen molar-refractivity contribution in [1.29, 1.82) is 0 Å². The van der Waals surface area contributed by atoms with Gasteiger partial charge in [0.1, 0.15) is 5.56 Å². The summed E-state index contributed by atoms with van der Waals surface area (Å²) in [6.45, 7) is 0. The minimum absolute atomic E-state index is 0.0765. The Labute approximate surface area is 93.5 Å². The van der Waals surface area contributed by atoms with Gasteiger partial charge in [-0.2, -0.15) is 0 Å². The van der Waals surface area contributed by atoms with Crippen LogP contribution in [0.1, 0.15) is 10.4 Å². The highest BCUT2D eigenvalue weighted by Gasteiger charge is 2.35. The number of rotatable bonds is 4. The van der Waals surface area contributed by atoms with E-state index in [4.69, 9.17) is 0 Å². The molecule has 9 nitrogen and oxygen atoms in total. The average Bonchev–Trinajstić information content (AvgIpc) is 2.27. The molecule has 0 saturated heterocycles. The van der Waals surface area contributed by atoms with Crippen molar-refractivity contribution in [2.45, 2.75) is 0 Å². The fourth-order valence-electron chi connectivity index (χ4n) is 1.25. The summed E-state index contributed by atoms with van der Waals surface area (Å²) in [6.07, 6.45) is 0.0765. The summed E-state index contributed by atoms with van der Waals surface area (Å²) in [5, 5.41) is 30.7. The second kappa shape index (κ2) is 4.43. The van der Waals surface area contributed by atoms with Crippen LogP contribution in [0.15, 0.2) is 6.07 Å². The number of carbonyl (C=O) groups excluding carboxylic acids is 1. The van der Waals surface area contributed by atoms with Gasteiger partial charge in [0.25, 0.3) is 0 Å². The molecule has 0 aliphatic rings. The zero-order chi connectivity index (χ0) is 13.2. The monoisotopic (exact) mass is 242 g/mol. The van der Waals surface area contributed by atoms with Gasteiger partial charge in [-0.3, -0.25) is 25.0 Å². The van der Waals surface area contributed by atoms with Gasteiger partial charge in [-0.05, 0) is 0 Å². The maximum atomic E-state index is 10.7. The van der Waals surface area contributed by atoms with E-state index in [0.29, 0.717) is 0 Å². The molecular formula is C8H6N2O7. The number of hydrogen-bond acceptors (Lipinski definition) is 7. The van der Waals surface area contributed by atoms with Crippen LogP contribution in [0.4, 0.5) is 11.4 Å². The maximum absolute atomic E-state index is 10.7. The van der Waals surface area contributed by atoms with Gasteiger partial charge in [-0.25, -0.2) is 0 Å². The van der Waals surface area contributed by atoms with E-state index in [1.54, 1.807) is 0 Å². The highest BCUT2D eigenvalue weighted by atomic mass is 16.6. The second-order valence-corrected chi connectivity index (χ2v) is 2.85. The number of benzene rings is 1. The number of aldehydes is 1. The molecule has 0 aliphatic carbocycles. The van der Waals surface area contributed by atoms with E-state index in [1.165, 1.54) is 0 Å². The van der Waals surface area contributed by atoms with E-state index in [9.17, 15) is 30.1 Å². The van der Waals surface area contributed by atoms with Gasteiger partial charge >= 0.3 is 11.4 Å². The highest BCUT2D eigenvalue weighted by molar-refractivity contribution is 5.88. The van der Waals surface area contributed by atoms with E-state index in [1.807, 2.05) is 0 Å². The van der Waals surface area contributed by atoms with Crippen molar-refractivity contribution in [1.82, 2.24) is 0 Å². The lowest BCUT2D eigenvalue weighted by Gasteiger charge is -2.05. The molecule has 1 aromatic carbocycles. The van der Waals surface area contributed by atoms with Crippen molar-refractivity contribution in [2.75, 3.05) is 7.11 Å². The third-order valence-electron chi connectivity index (χ3n) is 1.95. The number of ether oxygens (including phenoxy) is 1. The van der Waals surface area contributed by atoms with Crippen LogP contribution < -0.4 is 4.74 Å². The lowest BCUT2D eigenvalue weighted by Crippen LogP contribution is -2.02. The van der Waals surface area contributed by atoms with Crippen molar-refractivity contribution in [2.24, 2.45) is 0 Å². The Morgan fingerprint density at radius 3 is 2.18 bits per heavy atom. The molecule has 0 fully saturated rings. The summed E-state index contributed by atoms with van der Waals surface area (Å²) in [7, 11) is 1.10. The largest absolute Gasteiger partial charge is 0.499 e. The van der Waals surface area contributed by atoms with E-state index >= 15 is 0 Å². The number of hydrogen-bond donors (Lipinski definition) is 1. The molecule has 0 atom stereocenters. The molecule has 0 aliphatic heterocycles. The van der Waals surface area contributed by atoms with Crippen LogP contribution in [-0.4, -0.2) is 28.3 Å². The molecule has 0 spiro atoms. The zero-order valence-corrected chi connectivity index (χ0v) is 8.45. The Balaban J connectivity index is 3.78. The van der Waals surface area contributed by atoms with E-state index in [0.717, 1.165) is 13.2 Å². The van der Waals surface area contributed by atoms with Crippen molar-refractivity contribution in [3.8, 4) is 11.5 Å². The summed E-state index contributed by atoms with van der Waals surface area (Å²) >= 11 is 0. The minimum atomic E-state index is -1.17. The van der Waals surface area contributed by atoms with Crippen molar-refractivity contribution in [3.63, 3.8) is 0 Å². The zero-order valence-electron chi connectivity index (χ0n) is 8.45. The van der Waals surface area contributed by atoms with Gasteiger partial charge < -0.3 is 9.84 Å². The molecule has 1 N–H and O–H groups in total. The molecule has 0 unspecified atom stereocenters. The van der Waals surface area contributed by atoms with Crippen LogP contribution in [0, 0.1) is 20.2 Å². The van der Waals surface area contributed by atoms with Crippen molar-refractivity contribution < 1.29 is 24.5 Å². The summed E-state index contributed by atoms with van der Waals surface area (Å²) < 4.78 is 4.58. The van der Waals surface area contributed by atoms with Gasteiger partial charge in [0.05, 0.1) is 17.0 Å². The smallest absolute Gasteiger partial charge is 0.391 e. The molecule has 90 valence electrons. The van der Waals surface area contributed by atoms with Gasteiger partial charge in [0.2, 0.25) is 5.75 Å². The first-order valence-electron chi connectivity index (χ1n) is 4.12. The standard InChI is InChI=1S/C8H6N2O7/c1-17-5-2-4(3-11)6(9(13)14)7(8(5)12)10(15)16/h2-3,12H,1H3. The Bertz CT molecular complexity index is 511. The average molecular weight is 242 g/mol. The summed E-state index contributed by atoms with van der Waals surface area (Å²) in [5.41, 5.74) is -2.78. The van der Waals surface area contributed by atoms with Crippen LogP contribution in [-0.2, 0) is 0 Å². The first-order valence-corrected chi connectivity index (χ1v) is 4.12. The number of methoxy groups -OCH3 is 1. The Hall–Kier alpha value is -2.71. The number of carbonyl (C=O) groups is 1. The molecular weight excluding hydrogens is 236 g/mol. The van der Waals surface area contributed by atoms with Gasteiger partial charge in [0, 0.05) is 6.07 Å². The highest BCUT2D eigenvalue weighted by Crippen LogP contribution is 2.44. The number of phenols is 1. The third kappa shape index (κ3) is 1.97. The van der Waals surface area contributed by atoms with Crippen LogP contribution >= 0.6 is 0 Å². The third-order valence-corrected chi connectivity index (χ3v) is 1.95. The van der Waals surface area contributed by atoms with Crippen LogP contribution in [0.25, 0.3) is 0 Å². The SMILES string of the molecule is COc1cc(C=O)c([N+](=O)[O-])c([N+](=O)[O-])c1O. The Kier molecular flexibility index (Phi) is 3.22. The fourth-order valence-corrected chi connectivity index (χ4v) is 1.25. The molecule has 0 saturated carbocycles. The molecule has 0 aromatic heterocycles. The molecule has 0 bridgehead atoms. The topological polar surface area (TPSA) is 133 Å². The number of aromatic hydroxyl groups is 1. The van der Waals surface area contributed by atoms with Crippen molar-refractivity contribution >= 4 is 17.7 Å². The molecule has 0 heterocycles. The normalized spacial score (nSPS) is 9.71. The number of phenolic OH excluding ortho intramolecular Hbond substituents is 1. The second-order valence-electron chi connectivity index (χ2n) is 2.85. The molecule has 9 heteroatoms. The number of nitro benzene ring substituents is 2. The van der Waals surface area contributed by atoms with Crippen LogP contribution in [0.5, 0.6) is 11.5 Å². The quantitative estimate of drug-likeness (QED) is 0.473. The van der Waals surface area contributed by atoms with Crippen LogP contribution in [0.3, 0.4) is 0 Å². The molecule has 17 heavy (non-hydrogen) atoms. The predicted octanol–water partition coefficient (Wildman–Crippen LogP) is 1.03.